The first kappa shape index (κ1) is 20.5. The van der Waals surface area contributed by atoms with Crippen LogP contribution in [0.2, 0.25) is 0 Å². The Labute approximate surface area is 161 Å². The quantitative estimate of drug-likeness (QED) is 0.255. The molecule has 2 N–H and O–H groups in total. The molecule has 24 heavy (non-hydrogen) atoms. The topological polar surface area (TPSA) is 67.4 Å². The fraction of sp³-hybridized carbons (Fsp3) is 0.529. The maximum Gasteiger partial charge on any atom is 0.191 e. The SMILES string of the molecule is CCCCNC(=NCCCn1cccn1)NCCc1ccco1.I. The first-order valence-electron chi connectivity index (χ1n) is 8.40. The number of hydrogen-bond donors (Lipinski definition) is 2. The van der Waals surface area contributed by atoms with Gasteiger partial charge in [0.05, 0.1) is 6.26 Å². The molecule has 0 aliphatic carbocycles. The van der Waals surface area contributed by atoms with Gasteiger partial charge in [-0.3, -0.25) is 9.67 Å². The summed E-state index contributed by atoms with van der Waals surface area (Å²) >= 11 is 0. The molecule has 0 aliphatic heterocycles. The second kappa shape index (κ2) is 12.9. The molecule has 7 heteroatoms. The van der Waals surface area contributed by atoms with E-state index in [1.165, 1.54) is 6.42 Å². The number of unbranched alkanes of at least 4 members (excludes halogenated alkanes) is 1. The molecule has 0 saturated carbocycles. The van der Waals surface area contributed by atoms with Crippen molar-refractivity contribution < 1.29 is 4.42 Å². The normalized spacial score (nSPS) is 11.1. The zero-order chi connectivity index (χ0) is 16.2. The number of aromatic nitrogens is 2. The molecule has 0 aromatic carbocycles. The molecule has 0 bridgehead atoms. The molecule has 134 valence electrons. The third-order valence-corrected chi connectivity index (χ3v) is 3.44. The average Bonchev–Trinajstić information content (AvgIpc) is 3.24. The van der Waals surface area contributed by atoms with Gasteiger partial charge in [-0.05, 0) is 31.0 Å². The van der Waals surface area contributed by atoms with Gasteiger partial charge in [0.1, 0.15) is 5.76 Å². The number of aryl methyl sites for hydroxylation is 1. The molecule has 0 unspecified atom stereocenters. The van der Waals surface area contributed by atoms with E-state index in [9.17, 15) is 0 Å². The van der Waals surface area contributed by atoms with Crippen LogP contribution in [-0.2, 0) is 13.0 Å². The summed E-state index contributed by atoms with van der Waals surface area (Å²) in [5.41, 5.74) is 0. The van der Waals surface area contributed by atoms with Crippen LogP contribution in [-0.4, -0.2) is 35.4 Å². The largest absolute Gasteiger partial charge is 0.469 e. The summed E-state index contributed by atoms with van der Waals surface area (Å²) in [7, 11) is 0. The predicted octanol–water partition coefficient (Wildman–Crippen LogP) is 3.06. The average molecular weight is 445 g/mol. The van der Waals surface area contributed by atoms with Gasteiger partial charge in [-0.1, -0.05) is 13.3 Å². The molecule has 2 rings (SSSR count). The number of guanidine groups is 1. The second-order valence-corrected chi connectivity index (χ2v) is 5.39. The third kappa shape index (κ3) is 8.37. The third-order valence-electron chi connectivity index (χ3n) is 3.44. The van der Waals surface area contributed by atoms with Crippen molar-refractivity contribution in [2.75, 3.05) is 19.6 Å². The highest BCUT2D eigenvalue weighted by Crippen LogP contribution is 1.99. The van der Waals surface area contributed by atoms with Crippen LogP contribution >= 0.6 is 24.0 Å². The summed E-state index contributed by atoms with van der Waals surface area (Å²) in [5, 5.41) is 10.9. The lowest BCUT2D eigenvalue weighted by molar-refractivity contribution is 0.506. The van der Waals surface area contributed by atoms with Gasteiger partial charge in [-0.2, -0.15) is 5.10 Å². The molecule has 6 nitrogen and oxygen atoms in total. The molecular weight excluding hydrogens is 417 g/mol. The highest BCUT2D eigenvalue weighted by molar-refractivity contribution is 14.0. The van der Waals surface area contributed by atoms with Crippen molar-refractivity contribution >= 4 is 29.9 Å². The summed E-state index contributed by atoms with van der Waals surface area (Å²) in [5.74, 6) is 1.87. The summed E-state index contributed by atoms with van der Waals surface area (Å²) in [6, 6.07) is 5.85. The fourth-order valence-corrected chi connectivity index (χ4v) is 2.17. The predicted molar refractivity (Wildman–Crippen MR) is 108 cm³/mol. The molecule has 0 amide bonds. The Balaban J connectivity index is 0.00000288. The molecule has 0 radical (unpaired) electrons. The van der Waals surface area contributed by atoms with Gasteiger partial charge in [0.2, 0.25) is 0 Å². The van der Waals surface area contributed by atoms with Gasteiger partial charge in [0.15, 0.2) is 5.96 Å². The lowest BCUT2D eigenvalue weighted by atomic mass is 10.3. The monoisotopic (exact) mass is 445 g/mol. The van der Waals surface area contributed by atoms with Crippen molar-refractivity contribution in [2.45, 2.75) is 39.2 Å². The van der Waals surface area contributed by atoms with Crippen molar-refractivity contribution in [3.8, 4) is 0 Å². The Hall–Kier alpha value is -1.51. The second-order valence-electron chi connectivity index (χ2n) is 5.39. The standard InChI is InChI=1S/C17H27N5O.HI/c1-2-3-9-18-17(20-12-8-16-7-4-15-23-16)19-10-5-13-22-14-6-11-21-22;/h4,6-7,11,14-15H,2-3,5,8-10,12-13H2,1H3,(H2,18,19,20);1H. The van der Waals surface area contributed by atoms with E-state index in [2.05, 4.69) is 27.6 Å². The highest BCUT2D eigenvalue weighted by Gasteiger charge is 2.00. The molecule has 0 atom stereocenters. The minimum absolute atomic E-state index is 0. The van der Waals surface area contributed by atoms with Crippen LogP contribution in [0.25, 0.3) is 0 Å². The Kier molecular flexibility index (Phi) is 11.0. The molecule has 2 aromatic rings. The van der Waals surface area contributed by atoms with E-state index in [4.69, 9.17) is 4.42 Å². The van der Waals surface area contributed by atoms with Gasteiger partial charge >= 0.3 is 0 Å². The van der Waals surface area contributed by atoms with Crippen LogP contribution in [0.3, 0.4) is 0 Å². The van der Waals surface area contributed by atoms with E-state index in [1.807, 2.05) is 29.1 Å². The maximum absolute atomic E-state index is 5.34. The fourth-order valence-electron chi connectivity index (χ4n) is 2.17. The van der Waals surface area contributed by atoms with Crippen LogP contribution in [0.15, 0.2) is 46.3 Å². The minimum atomic E-state index is 0. The summed E-state index contributed by atoms with van der Waals surface area (Å²) in [6.45, 7) is 5.62. The molecular formula is C17H28IN5O. The van der Waals surface area contributed by atoms with Gasteiger partial charge in [-0.25, -0.2) is 0 Å². The molecule has 2 heterocycles. The first-order valence-corrected chi connectivity index (χ1v) is 8.40. The van der Waals surface area contributed by atoms with E-state index in [-0.39, 0.29) is 24.0 Å². The van der Waals surface area contributed by atoms with Gasteiger partial charge in [-0.15, -0.1) is 24.0 Å². The zero-order valence-corrected chi connectivity index (χ0v) is 16.6. The van der Waals surface area contributed by atoms with E-state index in [1.54, 1.807) is 12.5 Å². The first-order chi connectivity index (χ1) is 11.4. The maximum atomic E-state index is 5.34. The molecule has 2 aromatic heterocycles. The summed E-state index contributed by atoms with van der Waals surface area (Å²) in [6.07, 6.45) is 9.63. The van der Waals surface area contributed by atoms with E-state index < -0.39 is 0 Å². The lowest BCUT2D eigenvalue weighted by Crippen LogP contribution is -2.39. The number of aliphatic imine (C=N–C) groups is 1. The van der Waals surface area contributed by atoms with Gasteiger partial charge < -0.3 is 15.1 Å². The Morgan fingerprint density at radius 3 is 2.83 bits per heavy atom. The number of furan rings is 1. The number of rotatable bonds is 10. The van der Waals surface area contributed by atoms with Crippen molar-refractivity contribution in [3.05, 3.63) is 42.6 Å². The van der Waals surface area contributed by atoms with Crippen molar-refractivity contribution in [1.29, 1.82) is 0 Å². The Bertz CT molecular complexity index is 539. The summed E-state index contributed by atoms with van der Waals surface area (Å²) < 4.78 is 7.28. The minimum Gasteiger partial charge on any atom is -0.469 e. The van der Waals surface area contributed by atoms with Crippen LogP contribution in [0, 0.1) is 0 Å². The highest BCUT2D eigenvalue weighted by atomic mass is 127. The number of nitrogens with zero attached hydrogens (tertiary/aromatic N) is 3. The summed E-state index contributed by atoms with van der Waals surface area (Å²) in [4.78, 5) is 4.64. The Morgan fingerprint density at radius 2 is 2.12 bits per heavy atom. The van der Waals surface area contributed by atoms with Crippen LogP contribution in [0.5, 0.6) is 0 Å². The van der Waals surface area contributed by atoms with E-state index in [0.29, 0.717) is 0 Å². The molecule has 0 aliphatic rings. The van der Waals surface area contributed by atoms with Crippen molar-refractivity contribution in [2.24, 2.45) is 4.99 Å². The van der Waals surface area contributed by atoms with Crippen LogP contribution in [0.1, 0.15) is 31.9 Å². The van der Waals surface area contributed by atoms with Crippen LogP contribution in [0.4, 0.5) is 0 Å². The molecule has 0 spiro atoms. The molecule has 0 saturated heterocycles. The Morgan fingerprint density at radius 1 is 1.25 bits per heavy atom. The number of halogens is 1. The number of hydrogen-bond acceptors (Lipinski definition) is 3. The lowest BCUT2D eigenvalue weighted by Gasteiger charge is -2.12. The van der Waals surface area contributed by atoms with Gasteiger partial charge in [0.25, 0.3) is 0 Å². The van der Waals surface area contributed by atoms with Crippen molar-refractivity contribution in [3.63, 3.8) is 0 Å². The van der Waals surface area contributed by atoms with Crippen LogP contribution < -0.4 is 10.6 Å². The zero-order valence-electron chi connectivity index (χ0n) is 14.3. The van der Waals surface area contributed by atoms with E-state index >= 15 is 0 Å². The number of nitrogens with one attached hydrogen (secondary N) is 2. The van der Waals surface area contributed by atoms with E-state index in [0.717, 1.165) is 57.2 Å². The van der Waals surface area contributed by atoms with Gasteiger partial charge in [0, 0.05) is 45.0 Å². The van der Waals surface area contributed by atoms with Crippen molar-refractivity contribution in [1.82, 2.24) is 20.4 Å². The molecule has 0 fully saturated rings. The smallest absolute Gasteiger partial charge is 0.191 e.